The largest absolute Gasteiger partial charge is 2.00 e. The van der Waals surface area contributed by atoms with Crippen LogP contribution in [0, 0.1) is 23.8 Å². The Morgan fingerprint density at radius 1 is 1.50 bits per heavy atom. The van der Waals surface area contributed by atoms with E-state index >= 15 is 0 Å². The number of nitrogens with zero attached hydrogens (tertiary/aromatic N) is 1. The summed E-state index contributed by atoms with van der Waals surface area (Å²) < 4.78 is 0. The zero-order valence-corrected chi connectivity index (χ0v) is 6.93. The second-order valence-electron chi connectivity index (χ2n) is 0.731. The molecule has 0 aliphatic rings. The third-order valence-corrected chi connectivity index (χ3v) is 0.944. The van der Waals surface area contributed by atoms with Gasteiger partial charge in [-0.25, -0.2) is 6.07 Å². The van der Waals surface area contributed by atoms with Crippen molar-refractivity contribution in [3.8, 4) is 0 Å². The van der Waals surface area contributed by atoms with Gasteiger partial charge in [-0.05, 0) is 0 Å². The summed E-state index contributed by atoms with van der Waals surface area (Å²) in [6, 6.07) is 3.86. The average molecular weight is 200 g/mol. The van der Waals surface area contributed by atoms with Gasteiger partial charge in [-0.2, -0.15) is 11.4 Å². The van der Waals surface area contributed by atoms with Gasteiger partial charge in [0.15, 0.2) is 0 Å². The average Bonchev–Trinajstić information content (AvgIpc) is 2.51. The Balaban J connectivity index is -0.0000000875. The normalized spacial score (nSPS) is 4.60. The van der Waals surface area contributed by atoms with Gasteiger partial charge >= 0.3 is 17.1 Å². The topological polar surface area (TPSA) is 23.8 Å². The first-order valence-electron chi connectivity index (χ1n) is 2.03. The Bertz CT molecular complexity index is 108. The van der Waals surface area contributed by atoms with Crippen molar-refractivity contribution in [2.75, 3.05) is 0 Å². The molecule has 0 N–H and O–H groups in total. The molecule has 1 nitrogen and oxygen atoms in total. The Morgan fingerprint density at radius 2 is 2.00 bits per heavy atom. The summed E-state index contributed by atoms with van der Waals surface area (Å²) in [5.41, 5.74) is 0. The van der Waals surface area contributed by atoms with Gasteiger partial charge in [0.05, 0.1) is 0 Å². The van der Waals surface area contributed by atoms with Crippen molar-refractivity contribution in [1.29, 1.82) is 5.26 Å². The standard InChI is InChI=1S/C4H3S.C2H3.CN.Cu/c1-2-4-5-3-1;2*1-2;/h1-3H;1H,2H2;;/q3*-1;+2. The first-order chi connectivity index (χ1) is 4.50. The van der Waals surface area contributed by atoms with Crippen molar-refractivity contribution >= 4 is 11.3 Å². The molecule has 0 unspecified atom stereocenters. The van der Waals surface area contributed by atoms with Crippen LogP contribution in [0.15, 0.2) is 24.1 Å². The van der Waals surface area contributed by atoms with E-state index < -0.39 is 0 Å². The van der Waals surface area contributed by atoms with E-state index in [1.54, 1.807) is 11.3 Å². The van der Waals surface area contributed by atoms with Crippen LogP contribution in [0.5, 0.6) is 0 Å². The first-order valence-corrected chi connectivity index (χ1v) is 2.91. The fourth-order valence-electron chi connectivity index (χ4n) is 0.196. The monoisotopic (exact) mass is 199 g/mol. The van der Waals surface area contributed by atoms with Gasteiger partial charge in [-0.15, -0.1) is 5.38 Å². The van der Waals surface area contributed by atoms with E-state index in [2.05, 4.69) is 18.5 Å². The molecule has 1 aromatic heterocycles. The molecule has 0 atom stereocenters. The van der Waals surface area contributed by atoms with Gasteiger partial charge < -0.3 is 29.7 Å². The van der Waals surface area contributed by atoms with Gasteiger partial charge in [0.1, 0.15) is 0 Å². The van der Waals surface area contributed by atoms with Crippen LogP contribution in [0.3, 0.4) is 0 Å². The molecule has 1 aromatic rings. The Morgan fingerprint density at radius 3 is 2.10 bits per heavy atom. The maximum absolute atomic E-state index is 6.25. The minimum absolute atomic E-state index is 0. The Labute approximate surface area is 76.5 Å². The molecule has 0 aromatic carbocycles. The molecule has 0 amide bonds. The molecule has 0 aliphatic carbocycles. The van der Waals surface area contributed by atoms with E-state index in [1.165, 1.54) is 0 Å². The molecule has 1 radical (unpaired) electrons. The number of hydrogen-bond acceptors (Lipinski definition) is 2. The molecule has 1 heterocycles. The third-order valence-electron chi connectivity index (χ3n) is 0.379. The van der Waals surface area contributed by atoms with Crippen LogP contribution in [0.4, 0.5) is 0 Å². The number of thiophene rings is 1. The zero-order chi connectivity index (χ0) is 7.54. The summed E-state index contributed by atoms with van der Waals surface area (Å²) in [6.45, 7) is 11.8. The van der Waals surface area contributed by atoms with Gasteiger partial charge in [0.2, 0.25) is 0 Å². The van der Waals surface area contributed by atoms with Gasteiger partial charge in [0, 0.05) is 0 Å². The maximum Gasteiger partial charge on any atom is 2.00 e. The summed E-state index contributed by atoms with van der Waals surface area (Å²) in [5.74, 6) is 0. The number of rotatable bonds is 0. The van der Waals surface area contributed by atoms with Gasteiger partial charge in [-0.3, -0.25) is 6.58 Å². The SMILES string of the molecule is [C-]#N.[CH-]=C.[Cu+2].[c-]1cccs1. The molecule has 1 rings (SSSR count). The van der Waals surface area contributed by atoms with Crippen molar-refractivity contribution in [3.63, 3.8) is 0 Å². The summed E-state index contributed by atoms with van der Waals surface area (Å²) >= 11 is 1.59. The van der Waals surface area contributed by atoms with Crippen LogP contribution in [0.2, 0.25) is 0 Å². The van der Waals surface area contributed by atoms with E-state index in [-0.39, 0.29) is 17.1 Å². The van der Waals surface area contributed by atoms with E-state index in [1.807, 2.05) is 17.5 Å². The summed E-state index contributed by atoms with van der Waals surface area (Å²) in [6.07, 6.45) is 0. The molecule has 0 saturated carbocycles. The minimum atomic E-state index is 0. The quantitative estimate of drug-likeness (QED) is 0.465. The minimum Gasteiger partial charge on any atom is -0.521 e. The van der Waals surface area contributed by atoms with Crippen LogP contribution in [0.25, 0.3) is 0 Å². The molecule has 3 heteroatoms. The molecule has 0 saturated heterocycles. The summed E-state index contributed by atoms with van der Waals surface area (Å²) in [7, 11) is 0. The fraction of sp³-hybridized carbons (Fsp3) is 0. The van der Waals surface area contributed by atoms with Crippen molar-refractivity contribution in [2.45, 2.75) is 0 Å². The van der Waals surface area contributed by atoms with Crippen LogP contribution in [0.1, 0.15) is 0 Å². The van der Waals surface area contributed by atoms with Crippen LogP contribution < -0.4 is 0 Å². The molecule has 0 bridgehead atoms. The zero-order valence-electron chi connectivity index (χ0n) is 5.17. The van der Waals surface area contributed by atoms with Crippen molar-refractivity contribution in [2.24, 2.45) is 0 Å². The van der Waals surface area contributed by atoms with Gasteiger partial charge in [0.25, 0.3) is 0 Å². The number of hydrogen-bond donors (Lipinski definition) is 0. The maximum atomic E-state index is 6.25. The Hall–Kier alpha value is -0.551. The second kappa shape index (κ2) is 23.7. The van der Waals surface area contributed by atoms with Crippen molar-refractivity contribution < 1.29 is 17.1 Å². The van der Waals surface area contributed by atoms with E-state index in [0.29, 0.717) is 0 Å². The van der Waals surface area contributed by atoms with Crippen LogP contribution in [-0.4, -0.2) is 0 Å². The van der Waals surface area contributed by atoms with Crippen molar-refractivity contribution in [3.05, 3.63) is 42.6 Å². The van der Waals surface area contributed by atoms with E-state index in [9.17, 15) is 0 Å². The predicted molar refractivity (Wildman–Crippen MR) is 38.1 cm³/mol. The van der Waals surface area contributed by atoms with Gasteiger partial charge in [-0.1, -0.05) is 0 Å². The molecular formula is C7H6CuNS-. The Kier molecular flexibility index (Phi) is 38.4. The molecule has 57 valence electrons. The van der Waals surface area contributed by atoms with Crippen LogP contribution in [-0.2, 0) is 17.1 Å². The third kappa shape index (κ3) is 15.7. The fourth-order valence-corrected chi connectivity index (χ4v) is 0.589. The predicted octanol–water partition coefficient (Wildman–Crippen LogP) is 2.25. The summed E-state index contributed by atoms with van der Waals surface area (Å²) in [5, 5.41) is 11.1. The van der Waals surface area contributed by atoms with Crippen molar-refractivity contribution in [1.82, 2.24) is 0 Å². The first kappa shape index (κ1) is 16.2. The van der Waals surface area contributed by atoms with E-state index in [4.69, 9.17) is 11.8 Å². The molecule has 10 heavy (non-hydrogen) atoms. The molecule has 0 aliphatic heterocycles. The molecule has 0 fully saturated rings. The smallest absolute Gasteiger partial charge is 0.521 e. The summed E-state index contributed by atoms with van der Waals surface area (Å²) in [4.78, 5) is 0. The van der Waals surface area contributed by atoms with E-state index in [0.717, 1.165) is 0 Å². The van der Waals surface area contributed by atoms with Crippen LogP contribution >= 0.6 is 11.3 Å². The molecular weight excluding hydrogens is 194 g/mol. The second-order valence-corrected chi connectivity index (χ2v) is 1.47. The molecule has 0 spiro atoms.